The first kappa shape index (κ1) is 13.4. The number of ether oxygens (including phenoxy) is 3. The van der Waals surface area contributed by atoms with Gasteiger partial charge in [-0.25, -0.2) is 4.98 Å². The topological polar surface area (TPSA) is 73.7 Å². The Bertz CT molecular complexity index is 399. The van der Waals surface area contributed by atoms with E-state index < -0.39 is 6.10 Å². The van der Waals surface area contributed by atoms with Crippen molar-refractivity contribution in [3.8, 4) is 11.8 Å². The number of thioether (sulfide) groups is 1. The normalized spacial score (nSPS) is 21.4. The van der Waals surface area contributed by atoms with Crippen LogP contribution < -0.4 is 9.47 Å². The molecule has 2 unspecified atom stereocenters. The van der Waals surface area contributed by atoms with Crippen LogP contribution in [-0.2, 0) is 4.74 Å². The molecular formula is C11H16N2O4S. The van der Waals surface area contributed by atoms with E-state index in [1.807, 2.05) is 0 Å². The van der Waals surface area contributed by atoms with Crippen molar-refractivity contribution in [2.75, 3.05) is 32.3 Å². The van der Waals surface area contributed by atoms with Crippen LogP contribution in [0.15, 0.2) is 6.20 Å². The van der Waals surface area contributed by atoms with Crippen molar-refractivity contribution in [2.24, 2.45) is 0 Å². The molecule has 100 valence electrons. The molecule has 0 aromatic carbocycles. The molecule has 1 aliphatic rings. The molecule has 2 heterocycles. The van der Waals surface area contributed by atoms with E-state index >= 15 is 0 Å². The summed E-state index contributed by atoms with van der Waals surface area (Å²) in [6.07, 6.45) is 0.336. The fraction of sp³-hybridized carbons (Fsp3) is 0.636. The zero-order valence-corrected chi connectivity index (χ0v) is 11.1. The Balaban J connectivity index is 2.20. The summed E-state index contributed by atoms with van der Waals surface area (Å²) >= 11 is 1.75. The van der Waals surface area contributed by atoms with Crippen molar-refractivity contribution in [3.05, 3.63) is 11.9 Å². The number of aliphatic hydroxyl groups excluding tert-OH is 1. The largest absolute Gasteiger partial charge is 0.480 e. The average molecular weight is 272 g/mol. The van der Waals surface area contributed by atoms with Crippen LogP contribution in [0.4, 0.5) is 0 Å². The molecule has 1 aromatic rings. The molecule has 0 amide bonds. The van der Waals surface area contributed by atoms with Gasteiger partial charge in [-0.1, -0.05) is 0 Å². The van der Waals surface area contributed by atoms with Crippen molar-refractivity contribution in [2.45, 2.75) is 12.2 Å². The number of methoxy groups -OCH3 is 2. The lowest BCUT2D eigenvalue weighted by Gasteiger charge is -2.26. The van der Waals surface area contributed by atoms with Gasteiger partial charge in [0.1, 0.15) is 11.8 Å². The summed E-state index contributed by atoms with van der Waals surface area (Å²) in [5.41, 5.74) is 0.380. The first-order valence-corrected chi connectivity index (χ1v) is 6.74. The lowest BCUT2D eigenvalue weighted by atomic mass is 10.1. The van der Waals surface area contributed by atoms with Crippen LogP contribution in [0.1, 0.15) is 11.8 Å². The quantitative estimate of drug-likeness (QED) is 0.863. The Hall–Kier alpha value is -1.05. The van der Waals surface area contributed by atoms with E-state index in [0.29, 0.717) is 18.2 Å². The Morgan fingerprint density at radius 2 is 2.33 bits per heavy atom. The maximum Gasteiger partial charge on any atom is 0.241 e. The van der Waals surface area contributed by atoms with Crippen LogP contribution in [0, 0.1) is 0 Å². The summed E-state index contributed by atoms with van der Waals surface area (Å²) < 4.78 is 15.6. The first-order chi connectivity index (χ1) is 8.76. The second kappa shape index (κ2) is 6.21. The summed E-state index contributed by atoms with van der Waals surface area (Å²) in [5, 5.41) is 10.3. The van der Waals surface area contributed by atoms with Crippen LogP contribution in [0.3, 0.4) is 0 Å². The lowest BCUT2D eigenvalue weighted by molar-refractivity contribution is -0.0258. The van der Waals surface area contributed by atoms with Gasteiger partial charge >= 0.3 is 0 Å². The van der Waals surface area contributed by atoms with E-state index in [2.05, 4.69) is 9.97 Å². The van der Waals surface area contributed by atoms with Gasteiger partial charge in [0.25, 0.3) is 0 Å². The van der Waals surface area contributed by atoms with E-state index in [-0.39, 0.29) is 12.0 Å². The Morgan fingerprint density at radius 3 is 2.94 bits per heavy atom. The first-order valence-electron chi connectivity index (χ1n) is 5.58. The molecule has 7 heteroatoms. The van der Waals surface area contributed by atoms with Crippen LogP contribution in [0.2, 0.25) is 0 Å². The highest BCUT2D eigenvalue weighted by molar-refractivity contribution is 7.99. The van der Waals surface area contributed by atoms with E-state index in [1.165, 1.54) is 20.4 Å². The summed E-state index contributed by atoms with van der Waals surface area (Å²) in [4.78, 5) is 8.24. The standard InChI is InChI=1S/C11H16N2O4S/c1-15-8-5-12-9(11(13-8)16-2)10(14)7-6-18-4-3-17-7/h5,7,10,14H,3-4,6H2,1-2H3. The number of hydrogen-bond acceptors (Lipinski definition) is 7. The predicted molar refractivity (Wildman–Crippen MR) is 67.2 cm³/mol. The summed E-state index contributed by atoms with van der Waals surface area (Å²) in [5.74, 6) is 2.30. The zero-order chi connectivity index (χ0) is 13.0. The monoisotopic (exact) mass is 272 g/mol. The minimum Gasteiger partial charge on any atom is -0.480 e. The SMILES string of the molecule is COc1cnc(C(O)C2CSCCO2)c(OC)n1. The van der Waals surface area contributed by atoms with Gasteiger partial charge in [0.15, 0.2) is 0 Å². The molecule has 0 bridgehead atoms. The highest BCUT2D eigenvalue weighted by atomic mass is 32.2. The number of hydrogen-bond donors (Lipinski definition) is 1. The van der Waals surface area contributed by atoms with Crippen LogP contribution >= 0.6 is 11.8 Å². The summed E-state index contributed by atoms with van der Waals surface area (Å²) in [6.45, 7) is 0.637. The number of aromatic nitrogens is 2. The lowest BCUT2D eigenvalue weighted by Crippen LogP contribution is -2.30. The third-order valence-corrected chi connectivity index (χ3v) is 3.64. The molecular weight excluding hydrogens is 256 g/mol. The molecule has 1 N–H and O–H groups in total. The van der Waals surface area contributed by atoms with Crippen molar-refractivity contribution in [1.29, 1.82) is 0 Å². The molecule has 0 spiro atoms. The van der Waals surface area contributed by atoms with E-state index in [1.54, 1.807) is 11.8 Å². The minimum atomic E-state index is -0.842. The van der Waals surface area contributed by atoms with Gasteiger partial charge in [-0.15, -0.1) is 0 Å². The van der Waals surface area contributed by atoms with Gasteiger partial charge in [-0.3, -0.25) is 0 Å². The molecule has 0 saturated carbocycles. The molecule has 1 aromatic heterocycles. The van der Waals surface area contributed by atoms with E-state index in [0.717, 1.165) is 11.5 Å². The zero-order valence-electron chi connectivity index (χ0n) is 10.3. The van der Waals surface area contributed by atoms with Crippen LogP contribution in [-0.4, -0.2) is 53.5 Å². The maximum absolute atomic E-state index is 10.3. The summed E-state index contributed by atoms with van der Waals surface area (Å²) in [6, 6.07) is 0. The van der Waals surface area contributed by atoms with Crippen molar-refractivity contribution in [3.63, 3.8) is 0 Å². The molecule has 18 heavy (non-hydrogen) atoms. The second-order valence-corrected chi connectivity index (χ2v) is 4.89. The summed E-state index contributed by atoms with van der Waals surface area (Å²) in [7, 11) is 2.98. The van der Waals surface area contributed by atoms with Gasteiger partial charge in [0, 0.05) is 11.5 Å². The third-order valence-electron chi connectivity index (χ3n) is 2.62. The predicted octanol–water partition coefficient (Wildman–Crippen LogP) is 0.659. The van der Waals surface area contributed by atoms with Crippen molar-refractivity contribution >= 4 is 11.8 Å². The fourth-order valence-electron chi connectivity index (χ4n) is 1.68. The molecule has 6 nitrogen and oxygen atoms in total. The Morgan fingerprint density at radius 1 is 1.50 bits per heavy atom. The second-order valence-electron chi connectivity index (χ2n) is 3.74. The van der Waals surface area contributed by atoms with Gasteiger partial charge in [0.2, 0.25) is 11.8 Å². The molecule has 1 aliphatic heterocycles. The third kappa shape index (κ3) is 2.85. The minimum absolute atomic E-state index is 0.265. The van der Waals surface area contributed by atoms with Gasteiger partial charge in [0.05, 0.1) is 33.1 Å². The van der Waals surface area contributed by atoms with Gasteiger partial charge in [-0.2, -0.15) is 16.7 Å². The number of aliphatic hydroxyl groups is 1. The Kier molecular flexibility index (Phi) is 4.62. The highest BCUT2D eigenvalue weighted by Gasteiger charge is 2.28. The molecule has 0 aliphatic carbocycles. The van der Waals surface area contributed by atoms with Crippen LogP contribution in [0.5, 0.6) is 11.8 Å². The molecule has 2 atom stereocenters. The smallest absolute Gasteiger partial charge is 0.241 e. The van der Waals surface area contributed by atoms with Crippen LogP contribution in [0.25, 0.3) is 0 Å². The number of rotatable bonds is 4. The molecule has 2 rings (SSSR count). The maximum atomic E-state index is 10.3. The van der Waals surface area contributed by atoms with E-state index in [4.69, 9.17) is 14.2 Å². The van der Waals surface area contributed by atoms with E-state index in [9.17, 15) is 5.11 Å². The highest BCUT2D eigenvalue weighted by Crippen LogP contribution is 2.29. The molecule has 1 fully saturated rings. The fourth-order valence-corrected chi connectivity index (χ4v) is 2.57. The number of nitrogens with zero attached hydrogens (tertiary/aromatic N) is 2. The Labute approximate surface area is 110 Å². The van der Waals surface area contributed by atoms with Crippen molar-refractivity contribution in [1.82, 2.24) is 9.97 Å². The van der Waals surface area contributed by atoms with Gasteiger partial charge in [-0.05, 0) is 0 Å². The van der Waals surface area contributed by atoms with Crippen molar-refractivity contribution < 1.29 is 19.3 Å². The molecule has 1 saturated heterocycles. The average Bonchev–Trinajstić information content (AvgIpc) is 2.46. The molecule has 0 radical (unpaired) electrons. The van der Waals surface area contributed by atoms with Gasteiger partial charge < -0.3 is 19.3 Å².